The summed E-state index contributed by atoms with van der Waals surface area (Å²) in [5.74, 6) is -1.14. The molecule has 0 bridgehead atoms. The van der Waals surface area contributed by atoms with Gasteiger partial charge >= 0.3 is 5.97 Å². The van der Waals surface area contributed by atoms with E-state index in [0.717, 1.165) is 36.8 Å². The van der Waals surface area contributed by atoms with Gasteiger partial charge in [-0.1, -0.05) is 12.1 Å². The molecule has 1 aliphatic carbocycles. The summed E-state index contributed by atoms with van der Waals surface area (Å²) in [5.41, 5.74) is 2.46. The van der Waals surface area contributed by atoms with Crippen molar-refractivity contribution in [2.45, 2.75) is 51.7 Å². The third kappa shape index (κ3) is 4.12. The van der Waals surface area contributed by atoms with Gasteiger partial charge < -0.3 is 10.1 Å². The number of nitrogens with one attached hydrogen (secondary N) is 1. The van der Waals surface area contributed by atoms with E-state index < -0.39 is 12.1 Å². The van der Waals surface area contributed by atoms with Gasteiger partial charge in [0.25, 0.3) is 5.91 Å². The lowest BCUT2D eigenvalue weighted by Gasteiger charge is -2.19. The van der Waals surface area contributed by atoms with Gasteiger partial charge in [-0.25, -0.2) is 9.18 Å². The number of carbonyl (C=O) groups excluding carboxylic acids is 2. The van der Waals surface area contributed by atoms with Gasteiger partial charge in [0.1, 0.15) is 5.82 Å². The van der Waals surface area contributed by atoms with E-state index in [2.05, 4.69) is 5.32 Å². The number of hydrogen-bond donors (Lipinski definition) is 1. The molecule has 0 fully saturated rings. The van der Waals surface area contributed by atoms with Crippen LogP contribution in [-0.2, 0) is 22.4 Å². The van der Waals surface area contributed by atoms with E-state index in [1.54, 1.807) is 37.3 Å². The van der Waals surface area contributed by atoms with Crippen molar-refractivity contribution in [2.24, 2.45) is 0 Å². The molecular formula is C20H22FNO3S. The Morgan fingerprint density at radius 2 is 1.85 bits per heavy atom. The molecule has 1 amide bonds. The van der Waals surface area contributed by atoms with Crippen LogP contribution < -0.4 is 5.32 Å². The number of fused-ring (bicyclic) bond motifs is 1. The summed E-state index contributed by atoms with van der Waals surface area (Å²) in [6, 6.07) is 5.63. The molecule has 3 rings (SSSR count). The first-order valence-electron chi connectivity index (χ1n) is 8.81. The fourth-order valence-corrected chi connectivity index (χ4v) is 4.22. The molecule has 1 aromatic heterocycles. The summed E-state index contributed by atoms with van der Waals surface area (Å²) in [6.45, 7) is 3.36. The molecule has 1 N–H and O–H groups in total. The van der Waals surface area contributed by atoms with Crippen molar-refractivity contribution in [3.63, 3.8) is 0 Å². The standard InChI is InChI=1S/C20H22FNO3S/c1-12(14-7-9-15(21)10-8-14)22-19(23)13(2)25-20(24)17-11-26-18-6-4-3-5-16(17)18/h7-13H,3-6H2,1-2H3,(H,22,23)/t12-,13+/m1/s1. The van der Waals surface area contributed by atoms with Crippen LogP contribution in [0.25, 0.3) is 0 Å². The van der Waals surface area contributed by atoms with Crippen molar-refractivity contribution < 1.29 is 18.7 Å². The van der Waals surface area contributed by atoms with E-state index in [1.807, 2.05) is 5.38 Å². The normalized spacial score (nSPS) is 15.7. The van der Waals surface area contributed by atoms with Crippen LogP contribution in [0.3, 0.4) is 0 Å². The quantitative estimate of drug-likeness (QED) is 0.798. The lowest BCUT2D eigenvalue weighted by Crippen LogP contribution is -2.37. The first-order valence-corrected chi connectivity index (χ1v) is 9.69. The van der Waals surface area contributed by atoms with E-state index in [4.69, 9.17) is 4.74 Å². The maximum Gasteiger partial charge on any atom is 0.340 e. The van der Waals surface area contributed by atoms with Gasteiger partial charge in [0.15, 0.2) is 6.10 Å². The smallest absolute Gasteiger partial charge is 0.340 e. The van der Waals surface area contributed by atoms with Gasteiger partial charge in [0.2, 0.25) is 0 Å². The molecule has 0 unspecified atom stereocenters. The van der Waals surface area contributed by atoms with Crippen LogP contribution >= 0.6 is 11.3 Å². The van der Waals surface area contributed by atoms with Crippen LogP contribution in [0.2, 0.25) is 0 Å². The highest BCUT2D eigenvalue weighted by Crippen LogP contribution is 2.30. The molecule has 0 radical (unpaired) electrons. The number of amides is 1. The Bertz CT molecular complexity index is 800. The molecule has 1 aliphatic rings. The van der Waals surface area contributed by atoms with E-state index in [0.29, 0.717) is 5.56 Å². The maximum absolute atomic E-state index is 13.0. The van der Waals surface area contributed by atoms with Gasteiger partial charge in [0.05, 0.1) is 11.6 Å². The highest BCUT2D eigenvalue weighted by molar-refractivity contribution is 7.10. The summed E-state index contributed by atoms with van der Waals surface area (Å²) in [6.07, 6.45) is 3.24. The summed E-state index contributed by atoms with van der Waals surface area (Å²) >= 11 is 1.59. The summed E-state index contributed by atoms with van der Waals surface area (Å²) in [4.78, 5) is 26.0. The van der Waals surface area contributed by atoms with Crippen LogP contribution in [0.4, 0.5) is 4.39 Å². The highest BCUT2D eigenvalue weighted by Gasteiger charge is 2.25. The Morgan fingerprint density at radius 3 is 2.58 bits per heavy atom. The zero-order valence-electron chi connectivity index (χ0n) is 14.9. The van der Waals surface area contributed by atoms with Crippen LogP contribution in [-0.4, -0.2) is 18.0 Å². The summed E-state index contributed by atoms with van der Waals surface area (Å²) in [7, 11) is 0. The van der Waals surface area contributed by atoms with Crippen LogP contribution in [0.1, 0.15) is 59.1 Å². The fourth-order valence-electron chi connectivity index (χ4n) is 3.11. The van der Waals surface area contributed by atoms with Crippen LogP contribution in [0, 0.1) is 5.82 Å². The van der Waals surface area contributed by atoms with E-state index in [1.165, 1.54) is 17.0 Å². The topological polar surface area (TPSA) is 55.4 Å². The fraction of sp³-hybridized carbons (Fsp3) is 0.400. The predicted octanol–water partition coefficient (Wildman–Crippen LogP) is 4.19. The average molecular weight is 375 g/mol. The van der Waals surface area contributed by atoms with E-state index in [9.17, 15) is 14.0 Å². The Balaban J connectivity index is 1.59. The Kier molecular flexibility index (Phi) is 5.71. The molecule has 26 heavy (non-hydrogen) atoms. The van der Waals surface area contributed by atoms with Crippen molar-refractivity contribution in [3.8, 4) is 0 Å². The molecule has 1 heterocycles. The average Bonchev–Trinajstić information content (AvgIpc) is 3.06. The first-order chi connectivity index (χ1) is 12.5. The van der Waals surface area contributed by atoms with Crippen molar-refractivity contribution in [3.05, 3.63) is 57.0 Å². The van der Waals surface area contributed by atoms with Crippen molar-refractivity contribution in [2.75, 3.05) is 0 Å². The molecule has 0 spiro atoms. The number of aryl methyl sites for hydroxylation is 1. The van der Waals surface area contributed by atoms with Gasteiger partial charge in [-0.15, -0.1) is 11.3 Å². The van der Waals surface area contributed by atoms with E-state index in [-0.39, 0.29) is 17.8 Å². The molecule has 6 heteroatoms. The number of ether oxygens (including phenoxy) is 1. The second-order valence-corrected chi connectivity index (χ2v) is 7.55. The first kappa shape index (κ1) is 18.6. The molecule has 1 aromatic carbocycles. The van der Waals surface area contributed by atoms with Gasteiger partial charge in [-0.05, 0) is 62.8 Å². The molecular weight excluding hydrogens is 353 g/mol. The second kappa shape index (κ2) is 7.99. The predicted molar refractivity (Wildman–Crippen MR) is 98.8 cm³/mol. The number of rotatable bonds is 5. The van der Waals surface area contributed by atoms with E-state index >= 15 is 0 Å². The second-order valence-electron chi connectivity index (χ2n) is 6.59. The van der Waals surface area contributed by atoms with Gasteiger partial charge in [-0.2, -0.15) is 0 Å². The monoisotopic (exact) mass is 375 g/mol. The van der Waals surface area contributed by atoms with Crippen molar-refractivity contribution in [1.29, 1.82) is 0 Å². The number of carbonyl (C=O) groups is 2. The molecule has 2 atom stereocenters. The molecule has 2 aromatic rings. The zero-order chi connectivity index (χ0) is 18.7. The lowest BCUT2D eigenvalue weighted by molar-refractivity contribution is -0.129. The largest absolute Gasteiger partial charge is 0.449 e. The Hall–Kier alpha value is -2.21. The molecule has 0 aliphatic heterocycles. The minimum absolute atomic E-state index is 0.307. The molecule has 0 saturated carbocycles. The third-order valence-electron chi connectivity index (χ3n) is 4.66. The Labute approximate surface area is 156 Å². The zero-order valence-corrected chi connectivity index (χ0v) is 15.7. The summed E-state index contributed by atoms with van der Waals surface area (Å²) in [5, 5.41) is 4.63. The number of esters is 1. The van der Waals surface area contributed by atoms with Crippen LogP contribution in [0.5, 0.6) is 0 Å². The lowest BCUT2D eigenvalue weighted by atomic mass is 9.96. The maximum atomic E-state index is 13.0. The van der Waals surface area contributed by atoms with Crippen molar-refractivity contribution >= 4 is 23.2 Å². The van der Waals surface area contributed by atoms with Gasteiger partial charge in [-0.3, -0.25) is 4.79 Å². The number of hydrogen-bond acceptors (Lipinski definition) is 4. The molecule has 138 valence electrons. The van der Waals surface area contributed by atoms with Crippen molar-refractivity contribution in [1.82, 2.24) is 5.32 Å². The van der Waals surface area contributed by atoms with Gasteiger partial charge in [0, 0.05) is 10.3 Å². The number of thiophene rings is 1. The number of benzene rings is 1. The molecule has 0 saturated heterocycles. The highest BCUT2D eigenvalue weighted by atomic mass is 32.1. The number of halogens is 1. The minimum atomic E-state index is -0.899. The minimum Gasteiger partial charge on any atom is -0.449 e. The molecule has 4 nitrogen and oxygen atoms in total. The Morgan fingerprint density at radius 1 is 1.15 bits per heavy atom. The third-order valence-corrected chi connectivity index (χ3v) is 5.75. The summed E-state index contributed by atoms with van der Waals surface area (Å²) < 4.78 is 18.4. The van der Waals surface area contributed by atoms with Crippen LogP contribution in [0.15, 0.2) is 29.6 Å². The SMILES string of the molecule is C[C@H](OC(=O)c1csc2c1CCCC2)C(=O)N[C@H](C)c1ccc(F)cc1.